The standard InChI is InChI=1S/C21H28N2O5S/c1-6-19(16-7-12-20(28-5)15(2)13-16)22-21(24)14-23(3)29(25,26)18-10-8-17(27-4)9-11-18/h7-13,19H,6,14H2,1-5H3,(H,22,24). The first-order chi connectivity index (χ1) is 13.7. The van der Waals surface area contributed by atoms with Crippen molar-refractivity contribution >= 4 is 15.9 Å². The highest BCUT2D eigenvalue weighted by Crippen LogP contribution is 2.24. The predicted molar refractivity (Wildman–Crippen MR) is 112 cm³/mol. The molecule has 0 spiro atoms. The van der Waals surface area contributed by atoms with E-state index < -0.39 is 10.0 Å². The largest absolute Gasteiger partial charge is 0.497 e. The van der Waals surface area contributed by atoms with Crippen LogP contribution >= 0.6 is 0 Å². The van der Waals surface area contributed by atoms with E-state index in [1.165, 1.54) is 26.3 Å². The van der Waals surface area contributed by atoms with Gasteiger partial charge in [0.2, 0.25) is 15.9 Å². The van der Waals surface area contributed by atoms with Crippen molar-refractivity contribution in [1.29, 1.82) is 0 Å². The molecule has 7 nitrogen and oxygen atoms in total. The quantitative estimate of drug-likeness (QED) is 0.674. The Kier molecular flexibility index (Phi) is 7.64. The van der Waals surface area contributed by atoms with Crippen molar-refractivity contribution in [2.24, 2.45) is 0 Å². The maximum absolute atomic E-state index is 12.7. The van der Waals surface area contributed by atoms with Gasteiger partial charge in [0.15, 0.2) is 0 Å². The van der Waals surface area contributed by atoms with Crippen LogP contribution in [-0.2, 0) is 14.8 Å². The molecule has 0 bridgehead atoms. The minimum atomic E-state index is -3.78. The topological polar surface area (TPSA) is 84.9 Å². The average molecular weight is 421 g/mol. The van der Waals surface area contributed by atoms with Crippen LogP contribution in [0.15, 0.2) is 47.4 Å². The summed E-state index contributed by atoms with van der Waals surface area (Å²) in [6, 6.07) is 11.6. The lowest BCUT2D eigenvalue weighted by Gasteiger charge is -2.21. The monoisotopic (exact) mass is 420 g/mol. The van der Waals surface area contributed by atoms with Crippen LogP contribution in [0.2, 0.25) is 0 Å². The molecular formula is C21H28N2O5S. The third-order valence-electron chi connectivity index (χ3n) is 4.70. The van der Waals surface area contributed by atoms with Gasteiger partial charge < -0.3 is 14.8 Å². The predicted octanol–water partition coefficient (Wildman–Crippen LogP) is 2.90. The summed E-state index contributed by atoms with van der Waals surface area (Å²) in [7, 11) is 0.725. The molecule has 158 valence electrons. The Morgan fingerprint density at radius 1 is 1.10 bits per heavy atom. The number of nitrogens with zero attached hydrogens (tertiary/aromatic N) is 1. The first kappa shape index (κ1) is 22.7. The van der Waals surface area contributed by atoms with E-state index in [0.29, 0.717) is 12.2 Å². The summed E-state index contributed by atoms with van der Waals surface area (Å²) in [6.07, 6.45) is 0.673. The van der Waals surface area contributed by atoms with Crippen LogP contribution in [0.25, 0.3) is 0 Å². The number of carbonyl (C=O) groups excluding carboxylic acids is 1. The highest BCUT2D eigenvalue weighted by atomic mass is 32.2. The molecule has 0 aliphatic carbocycles. The van der Waals surface area contributed by atoms with Crippen LogP contribution in [0.4, 0.5) is 0 Å². The van der Waals surface area contributed by atoms with E-state index in [1.54, 1.807) is 19.2 Å². The van der Waals surface area contributed by atoms with Gasteiger partial charge in [0.25, 0.3) is 0 Å². The molecule has 0 aliphatic heterocycles. The Balaban J connectivity index is 2.08. The van der Waals surface area contributed by atoms with E-state index in [1.807, 2.05) is 32.0 Å². The molecule has 1 atom stereocenters. The molecule has 8 heteroatoms. The number of hydrogen-bond donors (Lipinski definition) is 1. The van der Waals surface area contributed by atoms with Crippen molar-refractivity contribution in [2.75, 3.05) is 27.8 Å². The van der Waals surface area contributed by atoms with Crippen molar-refractivity contribution in [3.05, 3.63) is 53.6 Å². The highest BCUT2D eigenvalue weighted by Gasteiger charge is 2.24. The fourth-order valence-electron chi connectivity index (χ4n) is 2.99. The van der Waals surface area contributed by atoms with Crippen LogP contribution in [-0.4, -0.2) is 46.4 Å². The normalized spacial score (nSPS) is 12.5. The Labute approximate surface area is 172 Å². The summed E-state index contributed by atoms with van der Waals surface area (Å²) in [4.78, 5) is 12.6. The summed E-state index contributed by atoms with van der Waals surface area (Å²) in [6.45, 7) is 3.62. The van der Waals surface area contributed by atoms with Crippen LogP contribution in [0.3, 0.4) is 0 Å². The van der Waals surface area contributed by atoms with Crippen molar-refractivity contribution in [2.45, 2.75) is 31.2 Å². The van der Waals surface area contributed by atoms with Gasteiger partial charge in [0.05, 0.1) is 31.7 Å². The molecule has 2 aromatic rings. The van der Waals surface area contributed by atoms with E-state index in [9.17, 15) is 13.2 Å². The summed E-state index contributed by atoms with van der Waals surface area (Å²) >= 11 is 0. The fourth-order valence-corrected chi connectivity index (χ4v) is 4.12. The molecule has 0 saturated carbocycles. The molecule has 1 unspecified atom stereocenters. The van der Waals surface area contributed by atoms with E-state index >= 15 is 0 Å². The Morgan fingerprint density at radius 3 is 2.28 bits per heavy atom. The van der Waals surface area contributed by atoms with E-state index in [2.05, 4.69) is 5.32 Å². The van der Waals surface area contributed by atoms with Crippen molar-refractivity contribution in [1.82, 2.24) is 9.62 Å². The maximum Gasteiger partial charge on any atom is 0.243 e. The molecule has 1 amide bonds. The second-order valence-electron chi connectivity index (χ2n) is 6.69. The first-order valence-corrected chi connectivity index (χ1v) is 10.7. The Morgan fingerprint density at radius 2 is 1.76 bits per heavy atom. The fraction of sp³-hybridized carbons (Fsp3) is 0.381. The van der Waals surface area contributed by atoms with Crippen molar-refractivity contribution < 1.29 is 22.7 Å². The summed E-state index contributed by atoms with van der Waals surface area (Å²) in [5, 5.41) is 2.91. The number of aryl methyl sites for hydroxylation is 1. The van der Waals surface area contributed by atoms with Crippen LogP contribution in [0, 0.1) is 6.92 Å². The highest BCUT2D eigenvalue weighted by molar-refractivity contribution is 7.89. The number of carbonyl (C=O) groups is 1. The molecule has 0 heterocycles. The summed E-state index contributed by atoms with van der Waals surface area (Å²) < 4.78 is 36.8. The smallest absolute Gasteiger partial charge is 0.243 e. The molecule has 2 aromatic carbocycles. The van der Waals surface area contributed by atoms with Crippen molar-refractivity contribution in [3.8, 4) is 11.5 Å². The summed E-state index contributed by atoms with van der Waals surface area (Å²) in [5.41, 5.74) is 1.91. The molecular weight excluding hydrogens is 392 g/mol. The molecule has 0 aliphatic rings. The van der Waals surface area contributed by atoms with Gasteiger partial charge in [-0.15, -0.1) is 0 Å². The van der Waals surface area contributed by atoms with Gasteiger partial charge >= 0.3 is 0 Å². The van der Waals surface area contributed by atoms with Crippen LogP contribution in [0.5, 0.6) is 11.5 Å². The molecule has 0 saturated heterocycles. The van der Waals surface area contributed by atoms with Gasteiger partial charge in [-0.2, -0.15) is 4.31 Å². The minimum Gasteiger partial charge on any atom is -0.497 e. The lowest BCUT2D eigenvalue weighted by molar-refractivity contribution is -0.121. The van der Waals surface area contributed by atoms with Gasteiger partial charge in [0.1, 0.15) is 11.5 Å². The van der Waals surface area contributed by atoms with Gasteiger partial charge in [-0.25, -0.2) is 8.42 Å². The van der Waals surface area contributed by atoms with Gasteiger partial charge in [-0.1, -0.05) is 19.1 Å². The average Bonchev–Trinajstić information content (AvgIpc) is 2.71. The van der Waals surface area contributed by atoms with E-state index in [-0.39, 0.29) is 23.4 Å². The number of sulfonamides is 1. The molecule has 2 rings (SSSR count). The van der Waals surface area contributed by atoms with Crippen LogP contribution in [0.1, 0.15) is 30.5 Å². The third-order valence-corrected chi connectivity index (χ3v) is 6.52. The molecule has 0 radical (unpaired) electrons. The number of methoxy groups -OCH3 is 2. The Hall–Kier alpha value is -2.58. The second kappa shape index (κ2) is 9.76. The molecule has 29 heavy (non-hydrogen) atoms. The first-order valence-electron chi connectivity index (χ1n) is 9.27. The number of rotatable bonds is 9. The van der Waals surface area contributed by atoms with Crippen LogP contribution < -0.4 is 14.8 Å². The SMILES string of the molecule is CCC(NC(=O)CN(C)S(=O)(=O)c1ccc(OC)cc1)c1ccc(OC)c(C)c1. The Bertz CT molecular complexity index is 942. The molecule has 0 fully saturated rings. The lowest BCUT2D eigenvalue weighted by atomic mass is 10.0. The number of hydrogen-bond acceptors (Lipinski definition) is 5. The lowest BCUT2D eigenvalue weighted by Crippen LogP contribution is -2.39. The second-order valence-corrected chi connectivity index (χ2v) is 8.74. The molecule has 0 aromatic heterocycles. The molecule has 1 N–H and O–H groups in total. The number of amides is 1. The zero-order valence-corrected chi connectivity index (χ0v) is 18.2. The zero-order chi connectivity index (χ0) is 21.6. The number of benzene rings is 2. The number of nitrogens with one attached hydrogen (secondary N) is 1. The third kappa shape index (κ3) is 5.48. The van der Waals surface area contributed by atoms with Gasteiger partial charge in [0, 0.05) is 7.05 Å². The van der Waals surface area contributed by atoms with Crippen molar-refractivity contribution in [3.63, 3.8) is 0 Å². The zero-order valence-electron chi connectivity index (χ0n) is 17.4. The van der Waals surface area contributed by atoms with E-state index in [0.717, 1.165) is 21.2 Å². The number of likely N-dealkylation sites (N-methyl/N-ethyl adjacent to an activating group) is 1. The van der Waals surface area contributed by atoms with E-state index in [4.69, 9.17) is 9.47 Å². The number of ether oxygens (including phenoxy) is 2. The summed E-state index contributed by atoms with van der Waals surface area (Å²) in [5.74, 6) is 0.968. The minimum absolute atomic E-state index is 0.103. The van der Waals surface area contributed by atoms with Gasteiger partial charge in [-0.05, 0) is 54.8 Å². The van der Waals surface area contributed by atoms with Gasteiger partial charge in [-0.3, -0.25) is 4.79 Å². The maximum atomic E-state index is 12.7.